The molecule has 0 bridgehead atoms. The summed E-state index contributed by atoms with van der Waals surface area (Å²) in [7, 11) is 0. The molecule has 0 atom stereocenters. The highest BCUT2D eigenvalue weighted by atomic mass is 19.4. The van der Waals surface area contributed by atoms with Crippen LogP contribution in [0, 0.1) is 6.92 Å². The molecule has 22 heavy (non-hydrogen) atoms. The van der Waals surface area contributed by atoms with E-state index in [9.17, 15) is 22.8 Å². The summed E-state index contributed by atoms with van der Waals surface area (Å²) < 4.78 is 37.0. The van der Waals surface area contributed by atoms with E-state index in [4.69, 9.17) is 0 Å². The van der Waals surface area contributed by atoms with Crippen LogP contribution in [0.4, 0.5) is 13.2 Å². The summed E-state index contributed by atoms with van der Waals surface area (Å²) in [5.41, 5.74) is 1.48. The lowest BCUT2D eigenvalue weighted by molar-refractivity contribution is -0.186. The van der Waals surface area contributed by atoms with E-state index in [0.717, 1.165) is 10.5 Å². The Kier molecular flexibility index (Phi) is 4.73. The number of carbonyl (C=O) groups excluding carboxylic acids is 2. The molecule has 1 saturated heterocycles. The molecule has 2 rings (SSSR count). The Bertz CT molecular complexity index is 564. The van der Waals surface area contributed by atoms with E-state index < -0.39 is 12.1 Å². The number of rotatable bonds is 2. The molecule has 120 valence electrons. The molecule has 1 N–H and O–H groups in total. The number of piperidine rings is 1. The Labute approximate surface area is 126 Å². The molecular formula is C15H17F3N2O2. The fourth-order valence-electron chi connectivity index (χ4n) is 2.46. The molecule has 0 aliphatic carbocycles. The molecule has 1 heterocycles. The Balaban J connectivity index is 1.88. The van der Waals surface area contributed by atoms with Gasteiger partial charge >= 0.3 is 12.1 Å². The number of benzene rings is 1. The van der Waals surface area contributed by atoms with Gasteiger partial charge in [0.1, 0.15) is 0 Å². The van der Waals surface area contributed by atoms with E-state index in [1.165, 1.54) is 0 Å². The van der Waals surface area contributed by atoms with E-state index in [1.807, 2.05) is 13.0 Å². The van der Waals surface area contributed by atoms with Crippen LogP contribution in [0.15, 0.2) is 24.3 Å². The lowest BCUT2D eigenvalue weighted by atomic mass is 10.0. The van der Waals surface area contributed by atoms with E-state index in [2.05, 4.69) is 5.32 Å². The number of hydrogen-bond acceptors (Lipinski definition) is 2. The van der Waals surface area contributed by atoms with Gasteiger partial charge in [0.05, 0.1) is 0 Å². The molecule has 0 saturated carbocycles. The SMILES string of the molecule is Cc1cccc(C(=O)NC2CCN(C(=O)C(F)(F)F)CC2)c1. The fraction of sp³-hybridized carbons (Fsp3) is 0.467. The van der Waals surface area contributed by atoms with Crippen LogP contribution in [0.1, 0.15) is 28.8 Å². The number of amides is 2. The van der Waals surface area contributed by atoms with Crippen molar-refractivity contribution >= 4 is 11.8 Å². The zero-order valence-electron chi connectivity index (χ0n) is 12.1. The van der Waals surface area contributed by atoms with Gasteiger partial charge in [-0.3, -0.25) is 9.59 Å². The molecule has 1 aliphatic heterocycles. The first-order chi connectivity index (χ1) is 10.3. The molecule has 1 aromatic rings. The number of nitrogens with one attached hydrogen (secondary N) is 1. The van der Waals surface area contributed by atoms with E-state index in [-0.39, 0.29) is 25.0 Å². The van der Waals surface area contributed by atoms with Crippen molar-refractivity contribution < 1.29 is 22.8 Å². The van der Waals surface area contributed by atoms with Gasteiger partial charge in [-0.15, -0.1) is 0 Å². The van der Waals surface area contributed by atoms with Crippen molar-refractivity contribution in [3.05, 3.63) is 35.4 Å². The van der Waals surface area contributed by atoms with Crippen molar-refractivity contribution in [2.45, 2.75) is 32.0 Å². The number of alkyl halides is 3. The molecule has 0 radical (unpaired) electrons. The number of carbonyl (C=O) groups is 2. The van der Waals surface area contributed by atoms with Gasteiger partial charge in [0.2, 0.25) is 0 Å². The van der Waals surface area contributed by atoms with Crippen molar-refractivity contribution in [1.29, 1.82) is 0 Å². The number of likely N-dealkylation sites (tertiary alicyclic amines) is 1. The Hall–Kier alpha value is -2.05. The second-order valence-corrected chi connectivity index (χ2v) is 5.41. The van der Waals surface area contributed by atoms with E-state index >= 15 is 0 Å². The van der Waals surface area contributed by atoms with Crippen LogP contribution in [-0.4, -0.2) is 42.0 Å². The van der Waals surface area contributed by atoms with Gasteiger partial charge < -0.3 is 10.2 Å². The molecule has 4 nitrogen and oxygen atoms in total. The third-order valence-corrected chi connectivity index (χ3v) is 3.64. The Morgan fingerprint density at radius 1 is 1.23 bits per heavy atom. The summed E-state index contributed by atoms with van der Waals surface area (Å²) >= 11 is 0. The maximum absolute atomic E-state index is 12.3. The average Bonchev–Trinajstić information content (AvgIpc) is 2.46. The van der Waals surface area contributed by atoms with Crippen LogP contribution < -0.4 is 5.32 Å². The molecule has 0 spiro atoms. The van der Waals surface area contributed by atoms with Crippen LogP contribution in [-0.2, 0) is 4.79 Å². The molecule has 1 aliphatic rings. The largest absolute Gasteiger partial charge is 0.471 e. The van der Waals surface area contributed by atoms with Crippen LogP contribution in [0.25, 0.3) is 0 Å². The molecular weight excluding hydrogens is 297 g/mol. The lowest BCUT2D eigenvalue weighted by Crippen LogP contribution is -2.50. The minimum absolute atomic E-state index is 0.00287. The maximum atomic E-state index is 12.3. The summed E-state index contributed by atoms with van der Waals surface area (Å²) in [6.45, 7) is 1.87. The van der Waals surface area contributed by atoms with Gasteiger partial charge in [0, 0.05) is 24.7 Å². The van der Waals surface area contributed by atoms with E-state index in [1.54, 1.807) is 18.2 Å². The van der Waals surface area contributed by atoms with E-state index in [0.29, 0.717) is 18.4 Å². The summed E-state index contributed by atoms with van der Waals surface area (Å²) in [6.07, 6.45) is -4.20. The molecule has 1 fully saturated rings. The molecule has 1 aromatic carbocycles. The highest BCUT2D eigenvalue weighted by molar-refractivity contribution is 5.94. The van der Waals surface area contributed by atoms with Gasteiger partial charge in [0.25, 0.3) is 5.91 Å². The highest BCUT2D eigenvalue weighted by Gasteiger charge is 2.43. The Morgan fingerprint density at radius 2 is 1.86 bits per heavy atom. The lowest BCUT2D eigenvalue weighted by Gasteiger charge is -2.32. The summed E-state index contributed by atoms with van der Waals surface area (Å²) in [5.74, 6) is -2.06. The number of nitrogens with zero attached hydrogens (tertiary/aromatic N) is 1. The summed E-state index contributed by atoms with van der Waals surface area (Å²) in [6, 6.07) is 6.86. The zero-order chi connectivity index (χ0) is 16.3. The third kappa shape index (κ3) is 3.99. The average molecular weight is 314 g/mol. The van der Waals surface area contributed by atoms with Gasteiger partial charge in [-0.05, 0) is 31.9 Å². The van der Waals surface area contributed by atoms with Crippen LogP contribution in [0.3, 0.4) is 0 Å². The van der Waals surface area contributed by atoms with Gasteiger partial charge in [0.15, 0.2) is 0 Å². The van der Waals surface area contributed by atoms with Crippen molar-refractivity contribution in [2.75, 3.05) is 13.1 Å². The third-order valence-electron chi connectivity index (χ3n) is 3.64. The number of halogens is 3. The van der Waals surface area contributed by atoms with Gasteiger partial charge in [-0.1, -0.05) is 17.7 Å². The number of aryl methyl sites for hydroxylation is 1. The van der Waals surface area contributed by atoms with Crippen molar-refractivity contribution in [2.24, 2.45) is 0 Å². The van der Waals surface area contributed by atoms with Crippen molar-refractivity contribution in [3.8, 4) is 0 Å². The van der Waals surface area contributed by atoms with Crippen molar-refractivity contribution in [1.82, 2.24) is 10.2 Å². The van der Waals surface area contributed by atoms with Crippen LogP contribution >= 0.6 is 0 Å². The Morgan fingerprint density at radius 3 is 2.41 bits per heavy atom. The molecule has 0 unspecified atom stereocenters. The minimum Gasteiger partial charge on any atom is -0.349 e. The standard InChI is InChI=1S/C15H17F3N2O2/c1-10-3-2-4-11(9-10)13(21)19-12-5-7-20(8-6-12)14(22)15(16,17)18/h2-4,9,12H,5-8H2,1H3,(H,19,21). The maximum Gasteiger partial charge on any atom is 0.471 e. The predicted molar refractivity (Wildman–Crippen MR) is 74.3 cm³/mol. The first-order valence-corrected chi connectivity index (χ1v) is 7.01. The smallest absolute Gasteiger partial charge is 0.349 e. The van der Waals surface area contributed by atoms with Crippen LogP contribution in [0.5, 0.6) is 0 Å². The van der Waals surface area contributed by atoms with Gasteiger partial charge in [-0.2, -0.15) is 13.2 Å². The second kappa shape index (κ2) is 6.37. The normalized spacial score (nSPS) is 16.5. The summed E-state index contributed by atoms with van der Waals surface area (Å²) in [5, 5.41) is 2.80. The fourth-order valence-corrected chi connectivity index (χ4v) is 2.46. The zero-order valence-corrected chi connectivity index (χ0v) is 12.1. The summed E-state index contributed by atoms with van der Waals surface area (Å²) in [4.78, 5) is 24.0. The van der Waals surface area contributed by atoms with Crippen LogP contribution in [0.2, 0.25) is 0 Å². The predicted octanol–water partition coefficient (Wildman–Crippen LogP) is 2.28. The van der Waals surface area contributed by atoms with Gasteiger partial charge in [-0.25, -0.2) is 0 Å². The monoisotopic (exact) mass is 314 g/mol. The molecule has 7 heteroatoms. The first kappa shape index (κ1) is 16.3. The topological polar surface area (TPSA) is 49.4 Å². The molecule has 0 aromatic heterocycles. The van der Waals surface area contributed by atoms with Crippen molar-refractivity contribution in [3.63, 3.8) is 0 Å². The quantitative estimate of drug-likeness (QED) is 0.910. The second-order valence-electron chi connectivity index (χ2n) is 5.41. The molecule has 2 amide bonds. The first-order valence-electron chi connectivity index (χ1n) is 7.01. The number of hydrogen-bond donors (Lipinski definition) is 1. The minimum atomic E-state index is -4.84. The highest BCUT2D eigenvalue weighted by Crippen LogP contribution is 2.21.